The molecule has 0 spiro atoms. The van der Waals surface area contributed by atoms with Crippen LogP contribution in [-0.4, -0.2) is 23.4 Å². The molecule has 0 saturated heterocycles. The lowest BCUT2D eigenvalue weighted by molar-refractivity contribution is 0.108. The Labute approximate surface area is 124 Å². The molecule has 1 N–H and O–H groups in total. The molecule has 0 radical (unpaired) electrons. The summed E-state index contributed by atoms with van der Waals surface area (Å²) in [6, 6.07) is 3.47. The fourth-order valence-corrected chi connectivity index (χ4v) is 2.75. The van der Waals surface area contributed by atoms with Gasteiger partial charge in [0.25, 0.3) is 5.56 Å². The van der Waals surface area contributed by atoms with Crippen LogP contribution in [0.15, 0.2) is 16.9 Å². The minimum Gasteiger partial charge on any atom is -0.454 e. The lowest BCUT2D eigenvalue weighted by Gasteiger charge is -2.15. The van der Waals surface area contributed by atoms with E-state index < -0.39 is 0 Å². The molecule has 0 amide bonds. The average Bonchev–Trinajstić information content (AvgIpc) is 2.96. The van der Waals surface area contributed by atoms with Crippen molar-refractivity contribution in [2.45, 2.75) is 13.0 Å². The number of halogens is 1. The summed E-state index contributed by atoms with van der Waals surface area (Å²) in [5, 5.41) is 0.434. The largest absolute Gasteiger partial charge is 0.454 e. The maximum absolute atomic E-state index is 12.1. The van der Waals surface area contributed by atoms with Crippen LogP contribution in [0.25, 0.3) is 11.4 Å². The summed E-state index contributed by atoms with van der Waals surface area (Å²) in [7, 11) is 0. The highest BCUT2D eigenvalue weighted by Gasteiger charge is 2.21. The number of fused-ring (bicyclic) bond motifs is 2. The molecule has 0 atom stereocenters. The molecule has 0 aliphatic carbocycles. The highest BCUT2D eigenvalue weighted by molar-refractivity contribution is 6.32. The molecule has 3 heterocycles. The van der Waals surface area contributed by atoms with Crippen LogP contribution < -0.4 is 15.0 Å². The van der Waals surface area contributed by atoms with Gasteiger partial charge in [0.1, 0.15) is 5.82 Å². The molecular formula is C14H11ClN2O4. The first-order chi connectivity index (χ1) is 10.2. The van der Waals surface area contributed by atoms with Gasteiger partial charge in [-0.25, -0.2) is 4.98 Å². The monoisotopic (exact) mass is 306 g/mol. The molecule has 108 valence electrons. The number of hydrogen-bond acceptors (Lipinski definition) is 5. The zero-order chi connectivity index (χ0) is 14.4. The van der Waals surface area contributed by atoms with E-state index in [-0.39, 0.29) is 12.4 Å². The van der Waals surface area contributed by atoms with Crippen LogP contribution in [0.5, 0.6) is 11.5 Å². The van der Waals surface area contributed by atoms with Crippen molar-refractivity contribution in [2.24, 2.45) is 0 Å². The Kier molecular flexibility index (Phi) is 2.87. The first-order valence-corrected chi connectivity index (χ1v) is 6.89. The van der Waals surface area contributed by atoms with Crippen LogP contribution in [0.4, 0.5) is 0 Å². The lowest BCUT2D eigenvalue weighted by atomic mass is 10.1. The zero-order valence-corrected chi connectivity index (χ0v) is 11.7. The fourth-order valence-electron chi connectivity index (χ4n) is 2.48. The Morgan fingerprint density at radius 2 is 2.19 bits per heavy atom. The third-order valence-electron chi connectivity index (χ3n) is 3.53. The van der Waals surface area contributed by atoms with Crippen LogP contribution in [0.2, 0.25) is 5.02 Å². The molecule has 7 heteroatoms. The Morgan fingerprint density at radius 1 is 1.29 bits per heavy atom. The Balaban J connectivity index is 1.86. The fraction of sp³-hybridized carbons (Fsp3) is 0.286. The molecule has 0 fully saturated rings. The van der Waals surface area contributed by atoms with E-state index in [1.54, 1.807) is 12.1 Å². The predicted octanol–water partition coefficient (Wildman–Crippen LogP) is 1.89. The highest BCUT2D eigenvalue weighted by Crippen LogP contribution is 2.41. The van der Waals surface area contributed by atoms with E-state index in [2.05, 4.69) is 9.97 Å². The molecule has 2 aromatic rings. The molecular weight excluding hydrogens is 296 g/mol. The molecule has 2 aliphatic heterocycles. The summed E-state index contributed by atoms with van der Waals surface area (Å²) in [6.45, 7) is 1.02. The molecule has 0 saturated carbocycles. The van der Waals surface area contributed by atoms with Crippen LogP contribution in [-0.2, 0) is 17.8 Å². The van der Waals surface area contributed by atoms with E-state index in [0.717, 1.165) is 5.69 Å². The topological polar surface area (TPSA) is 73.4 Å². The maximum atomic E-state index is 12.1. The second-order valence-corrected chi connectivity index (χ2v) is 5.24. The summed E-state index contributed by atoms with van der Waals surface area (Å²) >= 11 is 6.16. The van der Waals surface area contributed by atoms with Crippen molar-refractivity contribution in [3.05, 3.63) is 38.8 Å². The van der Waals surface area contributed by atoms with Crippen LogP contribution >= 0.6 is 11.6 Å². The van der Waals surface area contributed by atoms with Crippen molar-refractivity contribution in [1.82, 2.24) is 9.97 Å². The van der Waals surface area contributed by atoms with Crippen LogP contribution in [0, 0.1) is 0 Å². The second kappa shape index (κ2) is 4.75. The second-order valence-electron chi connectivity index (χ2n) is 4.83. The number of aromatic nitrogens is 2. The quantitative estimate of drug-likeness (QED) is 0.871. The Bertz CT molecular complexity index is 787. The number of nitrogens with zero attached hydrogens (tertiary/aromatic N) is 1. The van der Waals surface area contributed by atoms with Gasteiger partial charge in [-0.1, -0.05) is 11.6 Å². The third-order valence-corrected chi connectivity index (χ3v) is 3.81. The van der Waals surface area contributed by atoms with E-state index in [0.29, 0.717) is 53.1 Å². The van der Waals surface area contributed by atoms with E-state index >= 15 is 0 Å². The summed E-state index contributed by atoms with van der Waals surface area (Å²) in [5.74, 6) is 1.55. The SMILES string of the molecule is O=c1[nH]c(-c2cc(Cl)c3c(c2)OCO3)nc2c1COCC2. The zero-order valence-electron chi connectivity index (χ0n) is 10.9. The van der Waals surface area contributed by atoms with E-state index in [1.807, 2.05) is 0 Å². The molecule has 1 aromatic heterocycles. The first kappa shape index (κ1) is 12.7. The van der Waals surface area contributed by atoms with Gasteiger partial charge in [0.05, 0.1) is 29.5 Å². The van der Waals surface area contributed by atoms with Crippen molar-refractivity contribution < 1.29 is 14.2 Å². The molecule has 1 aromatic carbocycles. The number of H-pyrrole nitrogens is 1. The highest BCUT2D eigenvalue weighted by atomic mass is 35.5. The number of rotatable bonds is 1. The number of aromatic amines is 1. The standard InChI is InChI=1S/C14H11ClN2O4/c15-9-3-7(4-11-12(9)21-6-20-11)13-16-10-1-2-19-5-8(10)14(18)17-13/h3-4H,1-2,5-6H2,(H,16,17,18). The maximum Gasteiger partial charge on any atom is 0.256 e. The summed E-state index contributed by atoms with van der Waals surface area (Å²) in [6.07, 6.45) is 0.630. The average molecular weight is 307 g/mol. The number of nitrogens with one attached hydrogen (secondary N) is 1. The van der Waals surface area contributed by atoms with Gasteiger partial charge in [0, 0.05) is 12.0 Å². The molecule has 0 bridgehead atoms. The predicted molar refractivity (Wildman–Crippen MR) is 74.8 cm³/mol. The van der Waals surface area contributed by atoms with Crippen molar-refractivity contribution in [3.63, 3.8) is 0 Å². The van der Waals surface area contributed by atoms with E-state index in [9.17, 15) is 4.79 Å². The number of benzene rings is 1. The smallest absolute Gasteiger partial charge is 0.256 e. The van der Waals surface area contributed by atoms with Gasteiger partial charge >= 0.3 is 0 Å². The van der Waals surface area contributed by atoms with Gasteiger partial charge in [0.15, 0.2) is 11.5 Å². The first-order valence-electron chi connectivity index (χ1n) is 6.52. The van der Waals surface area contributed by atoms with Gasteiger partial charge in [-0.3, -0.25) is 4.79 Å². The molecule has 21 heavy (non-hydrogen) atoms. The van der Waals surface area contributed by atoms with E-state index in [4.69, 9.17) is 25.8 Å². The molecule has 2 aliphatic rings. The third kappa shape index (κ3) is 2.07. The van der Waals surface area contributed by atoms with Gasteiger partial charge in [0.2, 0.25) is 6.79 Å². The molecule has 0 unspecified atom stereocenters. The van der Waals surface area contributed by atoms with Gasteiger partial charge in [-0.15, -0.1) is 0 Å². The van der Waals surface area contributed by atoms with E-state index in [1.165, 1.54) is 0 Å². The Hall–Kier alpha value is -2.05. The van der Waals surface area contributed by atoms with Gasteiger partial charge < -0.3 is 19.2 Å². The number of hydrogen-bond donors (Lipinski definition) is 1. The van der Waals surface area contributed by atoms with Gasteiger partial charge in [-0.2, -0.15) is 0 Å². The normalized spacial score (nSPS) is 15.9. The molecule has 6 nitrogen and oxygen atoms in total. The molecule has 4 rings (SSSR count). The van der Waals surface area contributed by atoms with Crippen LogP contribution in [0.1, 0.15) is 11.3 Å². The minimum absolute atomic E-state index is 0.143. The van der Waals surface area contributed by atoms with Gasteiger partial charge in [-0.05, 0) is 12.1 Å². The lowest BCUT2D eigenvalue weighted by Crippen LogP contribution is -2.24. The van der Waals surface area contributed by atoms with Crippen molar-refractivity contribution >= 4 is 11.6 Å². The summed E-state index contributed by atoms with van der Waals surface area (Å²) in [4.78, 5) is 19.4. The van der Waals surface area contributed by atoms with Crippen molar-refractivity contribution in [2.75, 3.05) is 13.4 Å². The Morgan fingerprint density at radius 3 is 3.10 bits per heavy atom. The van der Waals surface area contributed by atoms with Crippen molar-refractivity contribution in [1.29, 1.82) is 0 Å². The summed E-state index contributed by atoms with van der Waals surface area (Å²) < 4.78 is 15.9. The minimum atomic E-state index is -0.177. The van der Waals surface area contributed by atoms with Crippen molar-refractivity contribution in [3.8, 4) is 22.9 Å². The van der Waals surface area contributed by atoms with Crippen LogP contribution in [0.3, 0.4) is 0 Å². The number of ether oxygens (including phenoxy) is 3. The summed E-state index contributed by atoms with van der Waals surface area (Å²) in [5.41, 5.74) is 1.88.